The van der Waals surface area contributed by atoms with Crippen LogP contribution >= 0.6 is 0 Å². The molecule has 30 heavy (non-hydrogen) atoms. The van der Waals surface area contributed by atoms with Gasteiger partial charge >= 0.3 is 0 Å². The molecule has 2 aromatic rings. The summed E-state index contributed by atoms with van der Waals surface area (Å²) in [5.41, 5.74) is 2.26. The van der Waals surface area contributed by atoms with E-state index in [2.05, 4.69) is 43.7 Å². The van der Waals surface area contributed by atoms with E-state index < -0.39 is 0 Å². The fourth-order valence-corrected chi connectivity index (χ4v) is 3.78. The number of pyridine rings is 1. The second-order valence-electron chi connectivity index (χ2n) is 7.24. The zero-order valence-electron chi connectivity index (χ0n) is 18.2. The predicted octanol–water partition coefficient (Wildman–Crippen LogP) is 2.99. The molecule has 0 saturated carbocycles. The lowest BCUT2D eigenvalue weighted by molar-refractivity contribution is 0.245. The Bertz CT molecular complexity index is 821. The second kappa shape index (κ2) is 11.4. The van der Waals surface area contributed by atoms with Gasteiger partial charge in [0.1, 0.15) is 5.75 Å². The summed E-state index contributed by atoms with van der Waals surface area (Å²) in [5.74, 6) is 2.31. The Kier molecular flexibility index (Phi) is 8.32. The van der Waals surface area contributed by atoms with Gasteiger partial charge in [-0.2, -0.15) is 0 Å². The number of methoxy groups -OCH3 is 1. The molecule has 0 bridgehead atoms. The van der Waals surface area contributed by atoms with Gasteiger partial charge in [0.15, 0.2) is 5.96 Å². The summed E-state index contributed by atoms with van der Waals surface area (Å²) in [6.07, 6.45) is 4.24. The van der Waals surface area contributed by atoms with E-state index in [0.29, 0.717) is 19.0 Å². The molecule has 3 rings (SSSR count). The minimum atomic E-state index is 0.263. The molecule has 0 aliphatic carbocycles. The minimum Gasteiger partial charge on any atom is -0.497 e. The number of nitrogens with one attached hydrogen (secondary N) is 2. The highest BCUT2D eigenvalue weighted by Gasteiger charge is 2.24. The van der Waals surface area contributed by atoms with E-state index in [1.165, 1.54) is 18.4 Å². The normalized spacial score (nSPS) is 15.6. The number of nitrogens with zero attached hydrogens (tertiary/aromatic N) is 3. The number of benzene rings is 1. The average molecular weight is 412 g/mol. The van der Waals surface area contributed by atoms with Gasteiger partial charge in [-0.05, 0) is 56.6 Å². The van der Waals surface area contributed by atoms with Crippen molar-refractivity contribution in [2.75, 3.05) is 40.4 Å². The number of rotatable bonds is 9. The van der Waals surface area contributed by atoms with Crippen LogP contribution in [0.3, 0.4) is 0 Å². The number of hydrogen-bond donors (Lipinski definition) is 2. The van der Waals surface area contributed by atoms with Gasteiger partial charge in [-0.25, -0.2) is 4.98 Å². The second-order valence-corrected chi connectivity index (χ2v) is 7.24. The smallest absolute Gasteiger partial charge is 0.218 e. The van der Waals surface area contributed by atoms with Crippen LogP contribution in [0.4, 0.5) is 0 Å². The number of ether oxygens (including phenoxy) is 2. The molecule has 1 aromatic carbocycles. The fraction of sp³-hybridized carbons (Fsp3) is 0.478. The van der Waals surface area contributed by atoms with Crippen molar-refractivity contribution >= 4 is 5.96 Å². The Hall–Kier alpha value is -2.80. The first-order valence-corrected chi connectivity index (χ1v) is 10.6. The number of aromatic nitrogens is 1. The SMILES string of the molecule is CCOc1ncccc1CNC(=NC)NCC(c1cccc(OC)c1)N1CCCC1. The van der Waals surface area contributed by atoms with Crippen LogP contribution in [0.1, 0.15) is 36.9 Å². The van der Waals surface area contributed by atoms with Gasteiger partial charge in [-0.1, -0.05) is 18.2 Å². The van der Waals surface area contributed by atoms with Crippen molar-refractivity contribution in [2.24, 2.45) is 4.99 Å². The first kappa shape index (κ1) is 21.9. The van der Waals surface area contributed by atoms with Crippen molar-refractivity contribution < 1.29 is 9.47 Å². The van der Waals surface area contributed by atoms with Crippen molar-refractivity contribution in [3.63, 3.8) is 0 Å². The van der Waals surface area contributed by atoms with E-state index in [1.54, 1.807) is 20.4 Å². The molecular weight excluding hydrogens is 378 g/mol. The molecule has 7 heteroatoms. The molecule has 1 atom stereocenters. The molecule has 1 aliphatic heterocycles. The third-order valence-electron chi connectivity index (χ3n) is 5.32. The first-order chi connectivity index (χ1) is 14.7. The summed E-state index contributed by atoms with van der Waals surface area (Å²) in [6.45, 7) is 6.14. The van der Waals surface area contributed by atoms with E-state index in [9.17, 15) is 0 Å². The Morgan fingerprint density at radius 2 is 2.03 bits per heavy atom. The van der Waals surface area contributed by atoms with Crippen molar-refractivity contribution in [3.8, 4) is 11.6 Å². The molecule has 1 saturated heterocycles. The van der Waals surface area contributed by atoms with Gasteiger partial charge in [-0.3, -0.25) is 9.89 Å². The zero-order valence-corrected chi connectivity index (χ0v) is 18.2. The monoisotopic (exact) mass is 411 g/mol. The van der Waals surface area contributed by atoms with Crippen molar-refractivity contribution in [1.29, 1.82) is 0 Å². The average Bonchev–Trinajstić information content (AvgIpc) is 3.32. The van der Waals surface area contributed by atoms with Gasteiger partial charge in [-0.15, -0.1) is 0 Å². The van der Waals surface area contributed by atoms with Crippen LogP contribution in [0.5, 0.6) is 11.6 Å². The molecule has 0 amide bonds. The van der Waals surface area contributed by atoms with Crippen LogP contribution in [0.25, 0.3) is 0 Å². The van der Waals surface area contributed by atoms with E-state index in [-0.39, 0.29) is 6.04 Å². The highest BCUT2D eigenvalue weighted by Crippen LogP contribution is 2.27. The maximum Gasteiger partial charge on any atom is 0.218 e. The molecule has 0 radical (unpaired) electrons. The maximum atomic E-state index is 5.62. The molecule has 0 spiro atoms. The summed E-state index contributed by atoms with van der Waals surface area (Å²) in [6, 6.07) is 12.5. The van der Waals surface area contributed by atoms with Crippen molar-refractivity contribution in [1.82, 2.24) is 20.5 Å². The standard InChI is InChI=1S/C23H33N5O2/c1-4-30-22-19(10-8-12-25-22)16-26-23(24-2)27-17-21(28-13-5-6-14-28)18-9-7-11-20(15-18)29-3/h7-12,15,21H,4-6,13-14,16-17H2,1-3H3,(H2,24,26,27). The molecule has 1 aliphatic rings. The molecule has 1 fully saturated rings. The first-order valence-electron chi connectivity index (χ1n) is 10.6. The summed E-state index contributed by atoms with van der Waals surface area (Å²) < 4.78 is 11.1. The maximum absolute atomic E-state index is 5.62. The van der Waals surface area contributed by atoms with Crippen molar-refractivity contribution in [2.45, 2.75) is 32.4 Å². The van der Waals surface area contributed by atoms with E-state index in [4.69, 9.17) is 9.47 Å². The summed E-state index contributed by atoms with van der Waals surface area (Å²) in [4.78, 5) is 11.2. The largest absolute Gasteiger partial charge is 0.497 e. The number of guanidine groups is 1. The summed E-state index contributed by atoms with van der Waals surface area (Å²) >= 11 is 0. The highest BCUT2D eigenvalue weighted by atomic mass is 16.5. The molecule has 162 valence electrons. The quantitative estimate of drug-likeness (QED) is 0.488. The van der Waals surface area contributed by atoms with E-state index in [1.807, 2.05) is 25.1 Å². The van der Waals surface area contributed by atoms with Crippen LogP contribution in [-0.2, 0) is 6.54 Å². The molecule has 7 nitrogen and oxygen atoms in total. The van der Waals surface area contributed by atoms with Gasteiger partial charge < -0.3 is 20.1 Å². The number of likely N-dealkylation sites (tertiary alicyclic amines) is 1. The Morgan fingerprint density at radius 1 is 1.20 bits per heavy atom. The van der Waals surface area contributed by atoms with Gasteiger partial charge in [0.05, 0.1) is 19.8 Å². The molecule has 2 N–H and O–H groups in total. The summed E-state index contributed by atoms with van der Waals surface area (Å²) in [7, 11) is 3.50. The zero-order chi connectivity index (χ0) is 21.2. The third kappa shape index (κ3) is 5.86. The van der Waals surface area contributed by atoms with Crippen LogP contribution < -0.4 is 20.1 Å². The molecule has 1 unspecified atom stereocenters. The summed E-state index contributed by atoms with van der Waals surface area (Å²) in [5, 5.41) is 6.88. The van der Waals surface area contributed by atoms with Crippen LogP contribution in [-0.4, -0.2) is 56.2 Å². The lowest BCUT2D eigenvalue weighted by atomic mass is 10.1. The third-order valence-corrected chi connectivity index (χ3v) is 5.32. The lowest BCUT2D eigenvalue weighted by Crippen LogP contribution is -2.42. The predicted molar refractivity (Wildman–Crippen MR) is 120 cm³/mol. The Morgan fingerprint density at radius 3 is 2.77 bits per heavy atom. The number of aliphatic imine (C=N–C) groups is 1. The molecule has 2 heterocycles. The highest BCUT2D eigenvalue weighted by molar-refractivity contribution is 5.79. The minimum absolute atomic E-state index is 0.263. The van der Waals surface area contributed by atoms with Gasteiger partial charge in [0, 0.05) is 31.9 Å². The fourth-order valence-electron chi connectivity index (χ4n) is 3.78. The molecule has 1 aromatic heterocycles. The lowest BCUT2D eigenvalue weighted by Gasteiger charge is -2.29. The van der Waals surface area contributed by atoms with Crippen molar-refractivity contribution in [3.05, 3.63) is 53.7 Å². The Balaban J connectivity index is 1.64. The van der Waals surface area contributed by atoms with Crippen LogP contribution in [0.15, 0.2) is 47.6 Å². The van der Waals surface area contributed by atoms with Gasteiger partial charge in [0.2, 0.25) is 5.88 Å². The molecular formula is C23H33N5O2. The van der Waals surface area contributed by atoms with Crippen LogP contribution in [0, 0.1) is 0 Å². The Labute approximate surface area is 179 Å². The topological polar surface area (TPSA) is 71.0 Å². The van der Waals surface area contributed by atoms with Crippen LogP contribution in [0.2, 0.25) is 0 Å². The van der Waals surface area contributed by atoms with E-state index in [0.717, 1.165) is 36.9 Å². The number of hydrogen-bond acceptors (Lipinski definition) is 5. The van der Waals surface area contributed by atoms with Gasteiger partial charge in [0.25, 0.3) is 0 Å². The van der Waals surface area contributed by atoms with E-state index >= 15 is 0 Å².